The molecule has 1 aliphatic heterocycles. The molecule has 1 aromatic rings. The fourth-order valence-corrected chi connectivity index (χ4v) is 3.24. The highest BCUT2D eigenvalue weighted by atomic mass is 16.5. The largest absolute Gasteiger partial charge is 0.497 e. The van der Waals surface area contributed by atoms with E-state index in [0.717, 1.165) is 17.7 Å². The summed E-state index contributed by atoms with van der Waals surface area (Å²) in [5.41, 5.74) is 5.75. The molecule has 0 unspecified atom stereocenters. The average Bonchev–Trinajstić information content (AvgIpc) is 3.11. The number of nitrogens with one attached hydrogen (secondary N) is 2. The van der Waals surface area contributed by atoms with Crippen molar-refractivity contribution in [2.75, 3.05) is 24.7 Å². The summed E-state index contributed by atoms with van der Waals surface area (Å²) in [5.74, 6) is -0.272. The van der Waals surface area contributed by atoms with Gasteiger partial charge in [-0.25, -0.2) is 4.79 Å². The molecule has 1 aliphatic carbocycles. The smallest absolute Gasteiger partial charge is 0.325 e. The zero-order valence-electron chi connectivity index (χ0n) is 13.4. The van der Waals surface area contributed by atoms with Crippen molar-refractivity contribution < 1.29 is 19.1 Å². The molecule has 24 heavy (non-hydrogen) atoms. The van der Waals surface area contributed by atoms with Crippen molar-refractivity contribution in [3.63, 3.8) is 0 Å². The second kappa shape index (κ2) is 6.03. The predicted molar refractivity (Wildman–Crippen MR) is 87.5 cm³/mol. The number of hydrogen-bond acceptors (Lipinski definition) is 5. The van der Waals surface area contributed by atoms with Crippen molar-refractivity contribution in [2.45, 2.75) is 31.2 Å². The lowest BCUT2D eigenvalue weighted by atomic mass is 9.98. The minimum atomic E-state index is -0.813. The molecular weight excluding hydrogens is 312 g/mol. The zero-order chi connectivity index (χ0) is 17.3. The van der Waals surface area contributed by atoms with Crippen molar-refractivity contribution in [3.05, 3.63) is 18.2 Å². The molecule has 2 fully saturated rings. The van der Waals surface area contributed by atoms with Crippen LogP contribution >= 0.6 is 0 Å². The maximum atomic E-state index is 12.5. The molecule has 0 radical (unpaired) electrons. The Bertz CT molecular complexity index is 697. The van der Waals surface area contributed by atoms with Gasteiger partial charge in [-0.2, -0.15) is 0 Å². The quantitative estimate of drug-likeness (QED) is 0.564. The molecule has 1 heterocycles. The van der Waals surface area contributed by atoms with Crippen LogP contribution in [0.1, 0.15) is 25.7 Å². The molecule has 128 valence electrons. The minimum Gasteiger partial charge on any atom is -0.497 e. The first-order valence-corrected chi connectivity index (χ1v) is 7.83. The van der Waals surface area contributed by atoms with Crippen molar-refractivity contribution in [2.24, 2.45) is 0 Å². The summed E-state index contributed by atoms with van der Waals surface area (Å²) in [6.07, 6.45) is 3.04. The van der Waals surface area contributed by atoms with Gasteiger partial charge >= 0.3 is 6.03 Å². The van der Waals surface area contributed by atoms with Crippen LogP contribution in [-0.4, -0.2) is 41.9 Å². The number of urea groups is 1. The van der Waals surface area contributed by atoms with E-state index in [1.807, 2.05) is 0 Å². The normalized spacial score (nSPS) is 18.8. The number of nitrogens with two attached hydrogens (primary N) is 1. The third-order valence-electron chi connectivity index (χ3n) is 4.54. The first-order valence-electron chi connectivity index (χ1n) is 7.83. The summed E-state index contributed by atoms with van der Waals surface area (Å²) in [7, 11) is 1.51. The summed E-state index contributed by atoms with van der Waals surface area (Å²) in [6.45, 7) is -0.344. The van der Waals surface area contributed by atoms with Crippen molar-refractivity contribution in [3.8, 4) is 5.75 Å². The van der Waals surface area contributed by atoms with Crippen LogP contribution in [0.15, 0.2) is 18.2 Å². The number of hydrogen-bond donors (Lipinski definition) is 3. The van der Waals surface area contributed by atoms with E-state index in [1.165, 1.54) is 7.11 Å². The molecule has 0 atom stereocenters. The van der Waals surface area contributed by atoms with Crippen LogP contribution in [0, 0.1) is 0 Å². The Labute approximate surface area is 139 Å². The van der Waals surface area contributed by atoms with E-state index in [9.17, 15) is 14.4 Å². The van der Waals surface area contributed by atoms with Crippen LogP contribution in [0.5, 0.6) is 5.75 Å². The van der Waals surface area contributed by atoms with Crippen LogP contribution in [0.25, 0.3) is 0 Å². The number of nitrogens with zero attached hydrogens (tertiary/aromatic N) is 1. The van der Waals surface area contributed by atoms with Crippen molar-refractivity contribution in [1.82, 2.24) is 10.2 Å². The van der Waals surface area contributed by atoms with Crippen LogP contribution in [-0.2, 0) is 9.59 Å². The number of benzene rings is 1. The van der Waals surface area contributed by atoms with E-state index in [-0.39, 0.29) is 12.5 Å². The van der Waals surface area contributed by atoms with Gasteiger partial charge in [-0.3, -0.25) is 14.5 Å². The Balaban J connectivity index is 1.69. The second-order valence-electron chi connectivity index (χ2n) is 6.11. The highest BCUT2D eigenvalue weighted by Gasteiger charge is 2.52. The van der Waals surface area contributed by atoms with Gasteiger partial charge in [-0.15, -0.1) is 0 Å². The molecule has 8 heteroatoms. The van der Waals surface area contributed by atoms with Gasteiger partial charge in [0.1, 0.15) is 17.8 Å². The molecule has 4 N–H and O–H groups in total. The van der Waals surface area contributed by atoms with Gasteiger partial charge in [0.2, 0.25) is 5.91 Å². The van der Waals surface area contributed by atoms with Gasteiger partial charge in [-0.05, 0) is 25.0 Å². The third kappa shape index (κ3) is 2.75. The highest BCUT2D eigenvalue weighted by molar-refractivity contribution is 6.10. The third-order valence-corrected chi connectivity index (χ3v) is 4.54. The fraction of sp³-hybridized carbons (Fsp3) is 0.438. The molecule has 1 spiro atoms. The summed E-state index contributed by atoms with van der Waals surface area (Å²) < 4.78 is 5.09. The molecule has 8 nitrogen and oxygen atoms in total. The summed E-state index contributed by atoms with van der Waals surface area (Å²) in [5, 5.41) is 5.35. The van der Waals surface area contributed by atoms with E-state index in [0.29, 0.717) is 30.0 Å². The molecule has 2 aliphatic rings. The molecule has 1 aromatic carbocycles. The molecule has 3 rings (SSSR count). The number of imide groups is 1. The summed E-state index contributed by atoms with van der Waals surface area (Å²) in [6, 6.07) is 4.34. The van der Waals surface area contributed by atoms with E-state index in [1.54, 1.807) is 18.2 Å². The van der Waals surface area contributed by atoms with Gasteiger partial charge < -0.3 is 21.1 Å². The Morgan fingerprint density at radius 2 is 2.08 bits per heavy atom. The number of rotatable bonds is 4. The Kier molecular flexibility index (Phi) is 4.04. The van der Waals surface area contributed by atoms with E-state index in [2.05, 4.69) is 10.6 Å². The monoisotopic (exact) mass is 332 g/mol. The standard InChI is InChI=1S/C16H20N4O4/c1-24-10-4-5-11(17)12(8-10)18-13(21)9-20-14(22)16(19-15(20)23)6-2-3-7-16/h4-5,8H,2-3,6-7,9,17H2,1H3,(H,18,21)(H,19,23). The molecule has 0 bridgehead atoms. The van der Waals surface area contributed by atoms with E-state index in [4.69, 9.17) is 10.5 Å². The molecule has 1 saturated carbocycles. The number of carbonyl (C=O) groups excluding carboxylic acids is 3. The van der Waals surface area contributed by atoms with Crippen molar-refractivity contribution >= 4 is 29.2 Å². The van der Waals surface area contributed by atoms with Gasteiger partial charge in [0.25, 0.3) is 5.91 Å². The Morgan fingerprint density at radius 3 is 2.75 bits per heavy atom. The first kappa shape index (κ1) is 16.1. The molecular formula is C16H20N4O4. The first-order chi connectivity index (χ1) is 11.4. The van der Waals surface area contributed by atoms with Gasteiger partial charge in [0.15, 0.2) is 0 Å². The maximum absolute atomic E-state index is 12.5. The Morgan fingerprint density at radius 1 is 1.38 bits per heavy atom. The van der Waals surface area contributed by atoms with Crippen LogP contribution in [0.3, 0.4) is 0 Å². The lowest BCUT2D eigenvalue weighted by Gasteiger charge is -2.20. The Hall–Kier alpha value is -2.77. The number of methoxy groups -OCH3 is 1. The van der Waals surface area contributed by atoms with Gasteiger partial charge in [0.05, 0.1) is 18.5 Å². The topological polar surface area (TPSA) is 114 Å². The molecule has 4 amide bonds. The fourth-order valence-electron chi connectivity index (χ4n) is 3.24. The number of nitrogen functional groups attached to an aromatic ring is 1. The van der Waals surface area contributed by atoms with Crippen LogP contribution < -0.4 is 21.1 Å². The number of amides is 4. The minimum absolute atomic E-state index is 0.321. The van der Waals surface area contributed by atoms with E-state index >= 15 is 0 Å². The maximum Gasteiger partial charge on any atom is 0.325 e. The van der Waals surface area contributed by atoms with Gasteiger partial charge in [0, 0.05) is 6.07 Å². The highest BCUT2D eigenvalue weighted by Crippen LogP contribution is 2.35. The lowest BCUT2D eigenvalue weighted by Crippen LogP contribution is -2.44. The molecule has 0 aromatic heterocycles. The lowest BCUT2D eigenvalue weighted by molar-refractivity contribution is -0.133. The van der Waals surface area contributed by atoms with Crippen LogP contribution in [0.2, 0.25) is 0 Å². The van der Waals surface area contributed by atoms with E-state index < -0.39 is 17.5 Å². The van der Waals surface area contributed by atoms with Gasteiger partial charge in [-0.1, -0.05) is 12.8 Å². The zero-order valence-corrected chi connectivity index (χ0v) is 13.4. The predicted octanol–water partition coefficient (Wildman–Crippen LogP) is 1.08. The number of anilines is 2. The summed E-state index contributed by atoms with van der Waals surface area (Å²) >= 11 is 0. The number of ether oxygens (including phenoxy) is 1. The SMILES string of the molecule is COc1ccc(N)c(NC(=O)CN2C(=O)NC3(CCCC3)C2=O)c1. The molecule has 1 saturated heterocycles. The average molecular weight is 332 g/mol. The van der Waals surface area contributed by atoms with Crippen molar-refractivity contribution in [1.29, 1.82) is 0 Å². The summed E-state index contributed by atoms with van der Waals surface area (Å²) in [4.78, 5) is 37.8. The second-order valence-corrected chi connectivity index (χ2v) is 6.11. The number of carbonyl (C=O) groups is 3. The van der Waals surface area contributed by atoms with Crippen LogP contribution in [0.4, 0.5) is 16.2 Å².